The second kappa shape index (κ2) is 13.3. The highest BCUT2D eigenvalue weighted by Gasteiger charge is 2.06. The molecule has 142 valence electrons. The van der Waals surface area contributed by atoms with Gasteiger partial charge in [0.1, 0.15) is 0 Å². The van der Waals surface area contributed by atoms with Crippen LogP contribution in [0.1, 0.15) is 24.8 Å². The van der Waals surface area contributed by atoms with Crippen molar-refractivity contribution in [3.63, 3.8) is 0 Å². The van der Waals surface area contributed by atoms with Crippen LogP contribution >= 0.6 is 23.2 Å². The highest BCUT2D eigenvalue weighted by molar-refractivity contribution is 6.18. The summed E-state index contributed by atoms with van der Waals surface area (Å²) in [5, 5.41) is 2.98. The van der Waals surface area contributed by atoms with Gasteiger partial charge in [-0.25, -0.2) is 0 Å². The van der Waals surface area contributed by atoms with Crippen LogP contribution in [-0.2, 0) is 11.2 Å². The molecule has 0 aliphatic heterocycles. The van der Waals surface area contributed by atoms with E-state index < -0.39 is 0 Å². The molecule has 0 aliphatic carbocycles. The maximum absolute atomic E-state index is 11.8. The molecule has 4 nitrogen and oxygen atoms in total. The molecule has 0 bridgehead atoms. The van der Waals surface area contributed by atoms with Gasteiger partial charge in [-0.05, 0) is 57.6 Å². The molecule has 0 fully saturated rings. The Hall–Kier alpha value is -0.970. The third-order valence-corrected chi connectivity index (χ3v) is 4.32. The highest BCUT2D eigenvalue weighted by atomic mass is 35.5. The number of nitrogens with one attached hydrogen (secondary N) is 1. The normalized spacial score (nSPS) is 10.9. The third-order valence-electron chi connectivity index (χ3n) is 3.98. The predicted octanol–water partition coefficient (Wildman–Crippen LogP) is 3.36. The largest absolute Gasteiger partial charge is 0.369 e. The topological polar surface area (TPSA) is 35.6 Å². The lowest BCUT2D eigenvalue weighted by Gasteiger charge is -2.23. The fourth-order valence-electron chi connectivity index (χ4n) is 2.61. The Balaban J connectivity index is 2.30. The maximum Gasteiger partial charge on any atom is 0.220 e. The molecule has 0 saturated heterocycles. The summed E-state index contributed by atoms with van der Waals surface area (Å²) in [4.78, 5) is 16.1. The molecule has 1 N–H and O–H groups in total. The van der Waals surface area contributed by atoms with E-state index in [1.54, 1.807) is 0 Å². The van der Waals surface area contributed by atoms with Gasteiger partial charge in [0.05, 0.1) is 0 Å². The van der Waals surface area contributed by atoms with Gasteiger partial charge in [-0.1, -0.05) is 12.1 Å². The average Bonchev–Trinajstić information content (AvgIpc) is 2.59. The number of rotatable bonds is 13. The Morgan fingerprint density at radius 1 is 1.00 bits per heavy atom. The predicted molar refractivity (Wildman–Crippen MR) is 109 cm³/mol. The third kappa shape index (κ3) is 9.93. The standard InChI is InChI=1S/C19H31Cl2N3O/c1-23(2)14-4-13-22-19(25)6-3-5-17-7-9-18(10-8-17)24(15-11-20)16-12-21/h7-10H,3-6,11-16H2,1-2H3,(H,22,25). The SMILES string of the molecule is CN(C)CCCNC(=O)CCCc1ccc(N(CCCl)CCCl)cc1. The summed E-state index contributed by atoms with van der Waals surface area (Å²) >= 11 is 11.7. The number of carbonyl (C=O) groups excluding carboxylic acids is 1. The minimum atomic E-state index is 0.144. The van der Waals surface area contributed by atoms with E-state index in [2.05, 4.69) is 39.4 Å². The van der Waals surface area contributed by atoms with Crippen LogP contribution < -0.4 is 10.2 Å². The van der Waals surface area contributed by atoms with Crippen LogP contribution in [0.15, 0.2) is 24.3 Å². The molecule has 25 heavy (non-hydrogen) atoms. The first kappa shape index (κ1) is 22.1. The minimum Gasteiger partial charge on any atom is -0.369 e. The van der Waals surface area contributed by atoms with Crippen molar-refractivity contribution in [1.29, 1.82) is 0 Å². The molecular weight excluding hydrogens is 357 g/mol. The number of benzene rings is 1. The Kier molecular flexibility index (Phi) is 11.7. The van der Waals surface area contributed by atoms with Gasteiger partial charge >= 0.3 is 0 Å². The van der Waals surface area contributed by atoms with E-state index in [1.807, 2.05) is 14.1 Å². The van der Waals surface area contributed by atoms with Crippen molar-refractivity contribution in [1.82, 2.24) is 10.2 Å². The fraction of sp³-hybridized carbons (Fsp3) is 0.632. The monoisotopic (exact) mass is 387 g/mol. The zero-order chi connectivity index (χ0) is 18.5. The van der Waals surface area contributed by atoms with Gasteiger partial charge in [0.25, 0.3) is 0 Å². The molecule has 1 rings (SSSR count). The van der Waals surface area contributed by atoms with Gasteiger partial charge in [0, 0.05) is 43.5 Å². The second-order valence-electron chi connectivity index (χ2n) is 6.39. The van der Waals surface area contributed by atoms with Crippen LogP contribution in [0, 0.1) is 0 Å². The quantitative estimate of drug-likeness (QED) is 0.416. The Morgan fingerprint density at radius 2 is 1.64 bits per heavy atom. The molecule has 0 unspecified atom stereocenters. The summed E-state index contributed by atoms with van der Waals surface area (Å²) in [6.45, 7) is 3.34. The van der Waals surface area contributed by atoms with Gasteiger partial charge in [0.15, 0.2) is 0 Å². The number of hydrogen-bond donors (Lipinski definition) is 1. The van der Waals surface area contributed by atoms with Crippen LogP contribution in [0.2, 0.25) is 0 Å². The van der Waals surface area contributed by atoms with Gasteiger partial charge in [0.2, 0.25) is 5.91 Å². The lowest BCUT2D eigenvalue weighted by molar-refractivity contribution is -0.121. The molecule has 1 aromatic carbocycles. The Morgan fingerprint density at radius 3 is 2.20 bits per heavy atom. The number of anilines is 1. The maximum atomic E-state index is 11.8. The molecule has 0 saturated carbocycles. The fourth-order valence-corrected chi connectivity index (χ4v) is 3.02. The highest BCUT2D eigenvalue weighted by Crippen LogP contribution is 2.16. The molecule has 0 atom stereocenters. The van der Waals surface area contributed by atoms with E-state index in [0.717, 1.165) is 51.1 Å². The molecule has 0 heterocycles. The Labute approximate surface area is 162 Å². The van der Waals surface area contributed by atoms with Crippen molar-refractivity contribution in [3.05, 3.63) is 29.8 Å². The van der Waals surface area contributed by atoms with E-state index in [1.165, 1.54) is 5.56 Å². The van der Waals surface area contributed by atoms with Crippen molar-refractivity contribution in [2.45, 2.75) is 25.7 Å². The summed E-state index contributed by atoms with van der Waals surface area (Å²) in [5.74, 6) is 1.32. The van der Waals surface area contributed by atoms with Crippen LogP contribution in [-0.4, -0.2) is 62.8 Å². The van der Waals surface area contributed by atoms with Crippen molar-refractivity contribution in [3.8, 4) is 0 Å². The van der Waals surface area contributed by atoms with E-state index in [4.69, 9.17) is 23.2 Å². The van der Waals surface area contributed by atoms with Crippen LogP contribution in [0.4, 0.5) is 5.69 Å². The van der Waals surface area contributed by atoms with Gasteiger partial charge in [-0.15, -0.1) is 23.2 Å². The first-order chi connectivity index (χ1) is 12.1. The van der Waals surface area contributed by atoms with E-state index >= 15 is 0 Å². The molecule has 1 amide bonds. The summed E-state index contributed by atoms with van der Waals surface area (Å²) in [7, 11) is 4.08. The van der Waals surface area contributed by atoms with Crippen molar-refractivity contribution < 1.29 is 4.79 Å². The molecule has 1 aromatic rings. The van der Waals surface area contributed by atoms with Crippen LogP contribution in [0.3, 0.4) is 0 Å². The zero-order valence-corrected chi connectivity index (χ0v) is 17.0. The number of alkyl halides is 2. The number of hydrogen-bond acceptors (Lipinski definition) is 3. The van der Waals surface area contributed by atoms with Gasteiger partial charge < -0.3 is 15.1 Å². The number of amides is 1. The molecular formula is C19H31Cl2N3O. The van der Waals surface area contributed by atoms with Crippen LogP contribution in [0.5, 0.6) is 0 Å². The zero-order valence-electron chi connectivity index (χ0n) is 15.4. The number of carbonyl (C=O) groups is 1. The van der Waals surface area contributed by atoms with E-state index in [0.29, 0.717) is 18.2 Å². The molecule has 0 radical (unpaired) electrons. The number of nitrogens with zero attached hydrogens (tertiary/aromatic N) is 2. The summed E-state index contributed by atoms with van der Waals surface area (Å²) in [5.41, 5.74) is 2.39. The van der Waals surface area contributed by atoms with Crippen molar-refractivity contribution >= 4 is 34.8 Å². The minimum absolute atomic E-state index is 0.144. The first-order valence-electron chi connectivity index (χ1n) is 8.94. The Bertz CT molecular complexity index is 474. The van der Waals surface area contributed by atoms with E-state index in [9.17, 15) is 4.79 Å². The van der Waals surface area contributed by atoms with Gasteiger partial charge in [-0.2, -0.15) is 0 Å². The first-order valence-corrected chi connectivity index (χ1v) is 10.0. The summed E-state index contributed by atoms with van der Waals surface area (Å²) < 4.78 is 0. The molecule has 0 spiro atoms. The lowest BCUT2D eigenvalue weighted by atomic mass is 10.1. The number of halogens is 2. The molecule has 6 heteroatoms. The van der Waals surface area contributed by atoms with Crippen molar-refractivity contribution in [2.75, 3.05) is 56.9 Å². The second-order valence-corrected chi connectivity index (χ2v) is 7.15. The number of aryl methyl sites for hydroxylation is 1. The summed E-state index contributed by atoms with van der Waals surface area (Å²) in [6, 6.07) is 8.46. The summed E-state index contributed by atoms with van der Waals surface area (Å²) in [6.07, 6.45) is 3.35. The average molecular weight is 388 g/mol. The molecule has 0 aromatic heterocycles. The van der Waals surface area contributed by atoms with Crippen molar-refractivity contribution in [2.24, 2.45) is 0 Å². The lowest BCUT2D eigenvalue weighted by Crippen LogP contribution is -2.27. The molecule has 0 aliphatic rings. The van der Waals surface area contributed by atoms with Gasteiger partial charge in [-0.3, -0.25) is 4.79 Å². The van der Waals surface area contributed by atoms with Crippen LogP contribution in [0.25, 0.3) is 0 Å². The van der Waals surface area contributed by atoms with E-state index in [-0.39, 0.29) is 5.91 Å². The smallest absolute Gasteiger partial charge is 0.220 e.